The second-order valence-electron chi connectivity index (χ2n) is 6.69. The molecule has 0 fully saturated rings. The van der Waals surface area contributed by atoms with Gasteiger partial charge in [0.05, 0.1) is 5.52 Å². The Morgan fingerprint density at radius 2 is 1.85 bits per heavy atom. The molecule has 0 spiro atoms. The molecule has 1 heterocycles. The zero-order chi connectivity index (χ0) is 19.2. The van der Waals surface area contributed by atoms with E-state index in [1.807, 2.05) is 18.2 Å². The third kappa shape index (κ3) is 4.73. The molecule has 0 atom stereocenters. The Hall–Kier alpha value is -3.15. The summed E-state index contributed by atoms with van der Waals surface area (Å²) in [5.41, 5.74) is 3.38. The van der Waals surface area contributed by atoms with Gasteiger partial charge in [-0.15, -0.1) is 0 Å². The van der Waals surface area contributed by atoms with Crippen LogP contribution in [-0.2, 0) is 16.0 Å². The number of hydrogen-bond acceptors (Lipinski definition) is 4. The predicted molar refractivity (Wildman–Crippen MR) is 104 cm³/mol. The summed E-state index contributed by atoms with van der Waals surface area (Å²) in [5.74, 6) is -0.450. The van der Waals surface area contributed by atoms with Gasteiger partial charge in [0.15, 0.2) is 12.3 Å². The first-order valence-corrected chi connectivity index (χ1v) is 9.00. The average molecular weight is 365 g/mol. The fraction of sp³-hybridized carbons (Fsp3) is 0.286. The van der Waals surface area contributed by atoms with E-state index in [1.54, 1.807) is 6.07 Å². The van der Waals surface area contributed by atoms with Gasteiger partial charge >= 0.3 is 5.97 Å². The highest BCUT2D eigenvalue weighted by Crippen LogP contribution is 2.16. The fourth-order valence-corrected chi connectivity index (χ4v) is 2.79. The lowest BCUT2D eigenvalue weighted by Gasteiger charge is -2.08. The molecule has 27 heavy (non-hydrogen) atoms. The second-order valence-corrected chi connectivity index (χ2v) is 6.69. The Bertz CT molecular complexity index is 929. The second kappa shape index (κ2) is 8.49. The zero-order valence-electron chi connectivity index (χ0n) is 15.5. The van der Waals surface area contributed by atoms with E-state index in [9.17, 15) is 9.59 Å². The molecule has 0 saturated carbocycles. The molecule has 0 aliphatic rings. The number of para-hydroxylation sites is 1. The predicted octanol–water partition coefficient (Wildman–Crippen LogP) is 3.20. The van der Waals surface area contributed by atoms with E-state index in [0.717, 1.165) is 17.5 Å². The number of carbonyl (C=O) groups is 2. The van der Waals surface area contributed by atoms with Crippen LogP contribution in [0.5, 0.6) is 0 Å². The van der Waals surface area contributed by atoms with E-state index in [-0.39, 0.29) is 18.2 Å². The molecule has 6 heteroatoms. The van der Waals surface area contributed by atoms with E-state index in [0.29, 0.717) is 17.8 Å². The molecule has 0 bridgehead atoms. The van der Waals surface area contributed by atoms with Crippen LogP contribution in [0.1, 0.15) is 41.4 Å². The number of H-pyrrole nitrogens is 1. The van der Waals surface area contributed by atoms with E-state index >= 15 is 0 Å². The highest BCUT2D eigenvalue weighted by atomic mass is 16.5. The Kier molecular flexibility index (Phi) is 5.86. The number of hydrogen-bond donors (Lipinski definition) is 2. The summed E-state index contributed by atoms with van der Waals surface area (Å²) in [5, 5.41) is 10.2. The smallest absolute Gasteiger partial charge is 0.359 e. The first-order chi connectivity index (χ1) is 13.0. The van der Waals surface area contributed by atoms with Crippen LogP contribution in [0.15, 0.2) is 48.5 Å². The number of nitrogens with zero attached hydrogens (tertiary/aromatic N) is 1. The molecule has 0 saturated heterocycles. The largest absolute Gasteiger partial charge is 0.451 e. The average Bonchev–Trinajstić information content (AvgIpc) is 3.11. The normalized spacial score (nSPS) is 10.9. The Morgan fingerprint density at radius 1 is 1.11 bits per heavy atom. The van der Waals surface area contributed by atoms with Crippen molar-refractivity contribution in [3.63, 3.8) is 0 Å². The minimum atomic E-state index is -0.619. The Morgan fingerprint density at radius 3 is 2.59 bits per heavy atom. The number of esters is 1. The highest BCUT2D eigenvalue weighted by molar-refractivity contribution is 6.02. The van der Waals surface area contributed by atoms with Crippen LogP contribution in [0.25, 0.3) is 10.9 Å². The van der Waals surface area contributed by atoms with E-state index in [2.05, 4.69) is 53.6 Å². The van der Waals surface area contributed by atoms with Crippen molar-refractivity contribution in [2.45, 2.75) is 26.2 Å². The number of carbonyl (C=O) groups excluding carboxylic acids is 2. The lowest BCUT2D eigenvalue weighted by atomic mass is 10.0. The molecule has 2 aromatic carbocycles. The van der Waals surface area contributed by atoms with Gasteiger partial charge in [0.1, 0.15) is 0 Å². The van der Waals surface area contributed by atoms with Crippen LogP contribution in [0.4, 0.5) is 0 Å². The molecule has 0 aliphatic heterocycles. The SMILES string of the molecule is CC(C)c1ccc(CCNC(=O)COC(=O)c2n[nH]c3ccccc23)cc1. The van der Waals surface area contributed by atoms with Crippen LogP contribution in [0, 0.1) is 0 Å². The summed E-state index contributed by atoms with van der Waals surface area (Å²) in [6.07, 6.45) is 0.724. The summed E-state index contributed by atoms with van der Waals surface area (Å²) >= 11 is 0. The van der Waals surface area contributed by atoms with Crippen molar-refractivity contribution in [3.8, 4) is 0 Å². The van der Waals surface area contributed by atoms with Crippen molar-refractivity contribution >= 4 is 22.8 Å². The van der Waals surface area contributed by atoms with Crippen molar-refractivity contribution in [2.24, 2.45) is 0 Å². The summed E-state index contributed by atoms with van der Waals surface area (Å²) in [7, 11) is 0. The number of ether oxygens (including phenoxy) is 1. The number of rotatable bonds is 7. The minimum Gasteiger partial charge on any atom is -0.451 e. The van der Waals surface area contributed by atoms with Gasteiger partial charge in [-0.2, -0.15) is 5.10 Å². The number of amides is 1. The van der Waals surface area contributed by atoms with Crippen molar-refractivity contribution in [1.29, 1.82) is 0 Å². The van der Waals surface area contributed by atoms with Crippen LogP contribution < -0.4 is 5.32 Å². The van der Waals surface area contributed by atoms with Gasteiger partial charge in [-0.1, -0.05) is 56.3 Å². The van der Waals surface area contributed by atoms with Gasteiger partial charge in [0, 0.05) is 11.9 Å². The van der Waals surface area contributed by atoms with Gasteiger partial charge in [-0.3, -0.25) is 9.89 Å². The number of aromatic amines is 1. The van der Waals surface area contributed by atoms with Crippen molar-refractivity contribution in [3.05, 3.63) is 65.4 Å². The maximum absolute atomic E-state index is 12.1. The molecule has 2 N–H and O–H groups in total. The van der Waals surface area contributed by atoms with Crippen LogP contribution in [0.3, 0.4) is 0 Å². The quantitative estimate of drug-likeness (QED) is 0.630. The van der Waals surface area contributed by atoms with Gasteiger partial charge in [0.2, 0.25) is 0 Å². The molecular formula is C21H23N3O3. The third-order valence-electron chi connectivity index (χ3n) is 4.38. The molecular weight excluding hydrogens is 342 g/mol. The van der Waals surface area contributed by atoms with E-state index in [1.165, 1.54) is 5.56 Å². The maximum Gasteiger partial charge on any atom is 0.359 e. The third-order valence-corrected chi connectivity index (χ3v) is 4.38. The van der Waals surface area contributed by atoms with Gasteiger partial charge < -0.3 is 10.1 Å². The molecule has 0 aliphatic carbocycles. The molecule has 6 nitrogen and oxygen atoms in total. The Balaban J connectivity index is 1.43. The number of aromatic nitrogens is 2. The molecule has 0 unspecified atom stereocenters. The molecule has 140 valence electrons. The minimum absolute atomic E-state index is 0.184. The lowest BCUT2D eigenvalue weighted by Crippen LogP contribution is -2.30. The fourth-order valence-electron chi connectivity index (χ4n) is 2.79. The van der Waals surface area contributed by atoms with E-state index in [4.69, 9.17) is 4.74 Å². The molecule has 3 aromatic rings. The van der Waals surface area contributed by atoms with Crippen molar-refractivity contribution < 1.29 is 14.3 Å². The summed E-state index contributed by atoms with van der Waals surface area (Å²) < 4.78 is 5.07. The summed E-state index contributed by atoms with van der Waals surface area (Å²) in [6.45, 7) is 4.47. The lowest BCUT2D eigenvalue weighted by molar-refractivity contribution is -0.124. The van der Waals surface area contributed by atoms with Gasteiger partial charge in [-0.25, -0.2) is 4.79 Å². The first-order valence-electron chi connectivity index (χ1n) is 9.00. The summed E-state index contributed by atoms with van der Waals surface area (Å²) in [6, 6.07) is 15.6. The standard InChI is InChI=1S/C21H23N3O3/c1-14(2)16-9-7-15(8-10-16)11-12-22-19(25)13-27-21(26)20-17-5-3-4-6-18(17)23-24-20/h3-10,14H,11-13H2,1-2H3,(H,22,25)(H,23,24). The topological polar surface area (TPSA) is 84.1 Å². The molecule has 1 amide bonds. The molecule has 0 radical (unpaired) electrons. The van der Waals surface area contributed by atoms with Gasteiger partial charge in [-0.05, 0) is 29.5 Å². The van der Waals surface area contributed by atoms with Crippen molar-refractivity contribution in [2.75, 3.05) is 13.2 Å². The van der Waals surface area contributed by atoms with E-state index < -0.39 is 5.97 Å². The molecule has 3 rings (SSSR count). The van der Waals surface area contributed by atoms with Gasteiger partial charge in [0.25, 0.3) is 5.91 Å². The molecule has 1 aromatic heterocycles. The number of fused-ring (bicyclic) bond motifs is 1. The van der Waals surface area contributed by atoms with Crippen LogP contribution >= 0.6 is 0 Å². The monoisotopic (exact) mass is 365 g/mol. The van der Waals surface area contributed by atoms with Crippen LogP contribution in [-0.4, -0.2) is 35.2 Å². The summed E-state index contributed by atoms with van der Waals surface area (Å²) in [4.78, 5) is 24.0. The van der Waals surface area contributed by atoms with Crippen LogP contribution in [0.2, 0.25) is 0 Å². The van der Waals surface area contributed by atoms with Crippen molar-refractivity contribution in [1.82, 2.24) is 15.5 Å². The zero-order valence-corrected chi connectivity index (χ0v) is 15.5. The highest BCUT2D eigenvalue weighted by Gasteiger charge is 2.16. The number of benzene rings is 2. The first kappa shape index (κ1) is 18.6. The maximum atomic E-state index is 12.1. The Labute approximate surface area is 157 Å². The number of nitrogens with one attached hydrogen (secondary N) is 2.